The maximum atomic E-state index is 5.72. The van der Waals surface area contributed by atoms with Crippen LogP contribution in [0.5, 0.6) is 0 Å². The highest BCUT2D eigenvalue weighted by Crippen LogP contribution is 2.31. The monoisotopic (exact) mass is 241 g/mol. The van der Waals surface area contributed by atoms with Crippen LogP contribution < -0.4 is 10.6 Å². The summed E-state index contributed by atoms with van der Waals surface area (Å²) in [5.74, 6) is 0. The summed E-state index contributed by atoms with van der Waals surface area (Å²) in [6.07, 6.45) is 2.52. The van der Waals surface area contributed by atoms with E-state index in [-0.39, 0.29) is 0 Å². The highest BCUT2D eigenvalue weighted by Gasteiger charge is 2.24. The first-order chi connectivity index (χ1) is 7.76. The van der Waals surface area contributed by atoms with Gasteiger partial charge in [-0.05, 0) is 19.8 Å². The maximum absolute atomic E-state index is 5.72. The molecule has 16 heavy (non-hydrogen) atoms. The van der Waals surface area contributed by atoms with E-state index in [0.717, 1.165) is 22.2 Å². The van der Waals surface area contributed by atoms with Gasteiger partial charge >= 0.3 is 0 Å². The van der Waals surface area contributed by atoms with Crippen LogP contribution in [0.25, 0.3) is 0 Å². The minimum Gasteiger partial charge on any atom is -0.378 e. The lowest BCUT2D eigenvalue weighted by Gasteiger charge is -2.19. The average Bonchev–Trinajstić information content (AvgIpc) is 2.85. The molecular weight excluding hydrogens is 222 g/mol. The maximum Gasteiger partial charge on any atom is 0.186 e. The second-order valence-electron chi connectivity index (χ2n) is 4.19. The van der Waals surface area contributed by atoms with Gasteiger partial charge in [0.1, 0.15) is 0 Å². The predicted molar refractivity (Wildman–Crippen MR) is 66.8 cm³/mol. The van der Waals surface area contributed by atoms with E-state index in [0.29, 0.717) is 19.2 Å². The Bertz CT molecular complexity index is 353. The number of hydrogen-bond donors (Lipinski definition) is 1. The number of anilines is 1. The Kier molecular flexibility index (Phi) is 3.78. The number of nitrogens with two attached hydrogens (primary N) is 1. The fraction of sp³-hybridized carbons (Fsp3) is 0.727. The Hall–Kier alpha value is -0.650. The van der Waals surface area contributed by atoms with Gasteiger partial charge in [0.2, 0.25) is 0 Å². The molecule has 0 aliphatic carbocycles. The van der Waals surface area contributed by atoms with Gasteiger partial charge in [0, 0.05) is 31.1 Å². The Morgan fingerprint density at radius 2 is 2.44 bits per heavy atom. The fourth-order valence-corrected chi connectivity index (χ4v) is 3.19. The first-order valence-corrected chi connectivity index (χ1v) is 6.52. The molecule has 0 spiro atoms. The molecule has 4 nitrogen and oxygen atoms in total. The predicted octanol–water partition coefficient (Wildman–Crippen LogP) is 1.74. The van der Waals surface area contributed by atoms with Crippen LogP contribution in [0.2, 0.25) is 0 Å². The van der Waals surface area contributed by atoms with Gasteiger partial charge in [0.15, 0.2) is 5.13 Å². The van der Waals surface area contributed by atoms with Crippen LogP contribution in [0.4, 0.5) is 5.13 Å². The molecule has 1 aromatic heterocycles. The van der Waals surface area contributed by atoms with Crippen molar-refractivity contribution in [3.8, 4) is 0 Å². The van der Waals surface area contributed by atoms with Gasteiger partial charge < -0.3 is 15.4 Å². The number of aromatic nitrogens is 1. The molecule has 2 N–H and O–H groups in total. The van der Waals surface area contributed by atoms with Crippen LogP contribution in [0.3, 0.4) is 0 Å². The van der Waals surface area contributed by atoms with Gasteiger partial charge in [-0.1, -0.05) is 0 Å². The van der Waals surface area contributed by atoms with Crippen molar-refractivity contribution in [2.24, 2.45) is 5.73 Å². The van der Waals surface area contributed by atoms with E-state index in [4.69, 9.17) is 10.5 Å². The van der Waals surface area contributed by atoms with Gasteiger partial charge in [-0.15, -0.1) is 11.3 Å². The summed E-state index contributed by atoms with van der Waals surface area (Å²) in [5.41, 5.74) is 6.73. The topological polar surface area (TPSA) is 51.4 Å². The average molecular weight is 241 g/mol. The SMILES string of the molecule is COCc1nc(N2CCCC2C)sc1CN. The van der Waals surface area contributed by atoms with Crippen molar-refractivity contribution in [2.75, 3.05) is 18.6 Å². The summed E-state index contributed by atoms with van der Waals surface area (Å²) in [7, 11) is 1.69. The zero-order valence-corrected chi connectivity index (χ0v) is 10.7. The van der Waals surface area contributed by atoms with Gasteiger partial charge in [-0.2, -0.15) is 0 Å². The third-order valence-electron chi connectivity index (χ3n) is 3.03. The molecule has 0 saturated carbocycles. The number of rotatable bonds is 4. The van der Waals surface area contributed by atoms with Crippen molar-refractivity contribution in [1.82, 2.24) is 4.98 Å². The van der Waals surface area contributed by atoms with E-state index in [1.165, 1.54) is 12.8 Å². The molecule has 90 valence electrons. The summed E-state index contributed by atoms with van der Waals surface area (Å²) in [5, 5.41) is 1.11. The van der Waals surface area contributed by atoms with E-state index in [9.17, 15) is 0 Å². The van der Waals surface area contributed by atoms with Crippen LogP contribution in [0.15, 0.2) is 0 Å². The van der Waals surface area contributed by atoms with E-state index < -0.39 is 0 Å². The summed E-state index contributed by atoms with van der Waals surface area (Å²) in [4.78, 5) is 8.17. The van der Waals surface area contributed by atoms with E-state index in [1.54, 1.807) is 18.4 Å². The second kappa shape index (κ2) is 5.12. The lowest BCUT2D eigenvalue weighted by Crippen LogP contribution is -2.25. The fourth-order valence-electron chi connectivity index (χ4n) is 2.12. The van der Waals surface area contributed by atoms with Crippen LogP contribution in [0.1, 0.15) is 30.3 Å². The highest BCUT2D eigenvalue weighted by atomic mass is 32.1. The van der Waals surface area contributed by atoms with E-state index >= 15 is 0 Å². The molecule has 1 fully saturated rings. The van der Waals surface area contributed by atoms with E-state index in [1.807, 2.05) is 0 Å². The molecule has 0 aromatic carbocycles. The summed E-state index contributed by atoms with van der Waals surface area (Å²) >= 11 is 1.71. The molecule has 1 aliphatic rings. The van der Waals surface area contributed by atoms with Gasteiger partial charge in [0.05, 0.1) is 12.3 Å². The molecule has 2 rings (SSSR count). The smallest absolute Gasteiger partial charge is 0.186 e. The van der Waals surface area contributed by atoms with Gasteiger partial charge in [-0.3, -0.25) is 0 Å². The normalized spacial score (nSPS) is 20.7. The zero-order chi connectivity index (χ0) is 11.5. The van der Waals surface area contributed by atoms with Crippen molar-refractivity contribution in [2.45, 2.75) is 39.0 Å². The molecule has 0 amide bonds. The molecule has 0 bridgehead atoms. The van der Waals surface area contributed by atoms with Crippen LogP contribution in [-0.2, 0) is 17.9 Å². The Balaban J connectivity index is 2.21. The molecule has 0 radical (unpaired) electrons. The van der Waals surface area contributed by atoms with Gasteiger partial charge in [-0.25, -0.2) is 4.98 Å². The molecule has 1 aromatic rings. The van der Waals surface area contributed by atoms with E-state index in [2.05, 4.69) is 16.8 Å². The van der Waals surface area contributed by atoms with Crippen molar-refractivity contribution in [3.63, 3.8) is 0 Å². The Morgan fingerprint density at radius 3 is 3.00 bits per heavy atom. The third kappa shape index (κ3) is 2.21. The summed E-state index contributed by atoms with van der Waals surface area (Å²) in [6, 6.07) is 0.604. The van der Waals surface area contributed by atoms with Crippen molar-refractivity contribution in [1.29, 1.82) is 0 Å². The van der Waals surface area contributed by atoms with Crippen molar-refractivity contribution < 1.29 is 4.74 Å². The first kappa shape index (κ1) is 11.8. The number of ether oxygens (including phenoxy) is 1. The Morgan fingerprint density at radius 1 is 1.62 bits per heavy atom. The molecular formula is C11H19N3OS. The number of thiazole rings is 1. The Labute approximate surface area is 100 Å². The van der Waals surface area contributed by atoms with Crippen molar-refractivity contribution >= 4 is 16.5 Å². The number of hydrogen-bond acceptors (Lipinski definition) is 5. The number of nitrogens with zero attached hydrogens (tertiary/aromatic N) is 2. The minimum absolute atomic E-state index is 0.554. The molecule has 1 unspecified atom stereocenters. The summed E-state index contributed by atoms with van der Waals surface area (Å²) < 4.78 is 5.14. The van der Waals surface area contributed by atoms with Crippen LogP contribution in [0, 0.1) is 0 Å². The highest BCUT2D eigenvalue weighted by molar-refractivity contribution is 7.15. The molecule has 1 saturated heterocycles. The largest absolute Gasteiger partial charge is 0.378 e. The minimum atomic E-state index is 0.554. The third-order valence-corrected chi connectivity index (χ3v) is 4.19. The number of methoxy groups -OCH3 is 1. The molecule has 1 aliphatic heterocycles. The lowest BCUT2D eigenvalue weighted by molar-refractivity contribution is 0.181. The second-order valence-corrected chi connectivity index (χ2v) is 5.25. The first-order valence-electron chi connectivity index (χ1n) is 5.70. The summed E-state index contributed by atoms with van der Waals surface area (Å²) in [6.45, 7) is 4.49. The van der Waals surface area contributed by atoms with Crippen molar-refractivity contribution in [3.05, 3.63) is 10.6 Å². The standard InChI is InChI=1S/C11H19N3OS/c1-8-4-3-5-14(8)11-13-9(7-15-2)10(6-12)16-11/h8H,3-7,12H2,1-2H3. The van der Waals surface area contributed by atoms with Crippen LogP contribution in [-0.4, -0.2) is 24.7 Å². The lowest BCUT2D eigenvalue weighted by atomic mass is 10.2. The quantitative estimate of drug-likeness (QED) is 0.872. The molecule has 5 heteroatoms. The van der Waals surface area contributed by atoms with Crippen LogP contribution >= 0.6 is 11.3 Å². The molecule has 1 atom stereocenters. The zero-order valence-electron chi connectivity index (χ0n) is 9.90. The van der Waals surface area contributed by atoms with Gasteiger partial charge in [0.25, 0.3) is 0 Å². The molecule has 2 heterocycles.